The summed E-state index contributed by atoms with van der Waals surface area (Å²) in [6, 6.07) is 0. The van der Waals surface area contributed by atoms with Gasteiger partial charge in [-0.3, -0.25) is 0 Å². The molecule has 0 atom stereocenters. The van der Waals surface area contributed by atoms with E-state index in [9.17, 15) is 0 Å². The number of hydrogen-bond acceptors (Lipinski definition) is 3. The van der Waals surface area contributed by atoms with Crippen LogP contribution in [0.2, 0.25) is 0 Å². The molecule has 3 nitrogen and oxygen atoms in total. The van der Waals surface area contributed by atoms with Gasteiger partial charge >= 0.3 is 0 Å². The molecule has 94 valence electrons. The van der Waals surface area contributed by atoms with Crippen molar-refractivity contribution in [3.05, 3.63) is 17.1 Å². The molecule has 2 rings (SSSR count). The van der Waals surface area contributed by atoms with E-state index in [0.29, 0.717) is 0 Å². The summed E-state index contributed by atoms with van der Waals surface area (Å²) in [7, 11) is 0. The van der Waals surface area contributed by atoms with Crippen LogP contribution in [-0.4, -0.2) is 9.97 Å². The van der Waals surface area contributed by atoms with Gasteiger partial charge in [0.1, 0.15) is 11.6 Å². The topological polar surface area (TPSA) is 51.8 Å². The van der Waals surface area contributed by atoms with Gasteiger partial charge in [0, 0.05) is 17.7 Å². The first kappa shape index (κ1) is 12.3. The Hall–Kier alpha value is -1.12. The lowest BCUT2D eigenvalue weighted by molar-refractivity contribution is 0.400. The van der Waals surface area contributed by atoms with Crippen molar-refractivity contribution in [1.29, 1.82) is 0 Å². The second-order valence-electron chi connectivity index (χ2n) is 6.25. The largest absolute Gasteiger partial charge is 0.383 e. The SMILES string of the molecule is CC(C)(C)Cc1nc(N)c2c(n1)CCCCC2. The number of aryl methyl sites for hydroxylation is 1. The smallest absolute Gasteiger partial charge is 0.131 e. The summed E-state index contributed by atoms with van der Waals surface area (Å²) in [5, 5.41) is 0. The molecule has 0 amide bonds. The molecular formula is C14H23N3. The number of anilines is 1. The first-order valence-electron chi connectivity index (χ1n) is 6.60. The number of rotatable bonds is 1. The monoisotopic (exact) mass is 233 g/mol. The Morgan fingerprint density at radius 3 is 2.47 bits per heavy atom. The standard InChI is InChI=1S/C14H23N3/c1-14(2,3)9-12-16-11-8-6-4-5-7-10(11)13(15)17-12/h4-9H2,1-3H3,(H2,15,16,17). The number of nitrogen functional groups attached to an aromatic ring is 1. The van der Waals surface area contributed by atoms with E-state index in [1.807, 2.05) is 0 Å². The van der Waals surface area contributed by atoms with Crippen molar-refractivity contribution in [2.45, 2.75) is 59.3 Å². The predicted octanol–water partition coefficient (Wildman–Crippen LogP) is 2.92. The van der Waals surface area contributed by atoms with E-state index in [2.05, 4.69) is 25.8 Å². The normalized spacial score (nSPS) is 16.4. The molecule has 0 radical (unpaired) electrons. The highest BCUT2D eigenvalue weighted by molar-refractivity contribution is 5.43. The molecule has 1 aromatic heterocycles. The van der Waals surface area contributed by atoms with Crippen LogP contribution in [0, 0.1) is 5.41 Å². The van der Waals surface area contributed by atoms with E-state index in [1.165, 1.54) is 30.5 Å². The number of aromatic nitrogens is 2. The zero-order chi connectivity index (χ0) is 12.5. The summed E-state index contributed by atoms with van der Waals surface area (Å²) in [5.41, 5.74) is 8.70. The molecular weight excluding hydrogens is 210 g/mol. The fourth-order valence-electron chi connectivity index (χ4n) is 2.41. The van der Waals surface area contributed by atoms with Crippen molar-refractivity contribution in [3.8, 4) is 0 Å². The van der Waals surface area contributed by atoms with E-state index in [1.54, 1.807) is 0 Å². The average Bonchev–Trinajstić information content (AvgIpc) is 2.40. The minimum absolute atomic E-state index is 0.214. The Balaban J connectivity index is 2.32. The van der Waals surface area contributed by atoms with E-state index in [-0.39, 0.29) is 5.41 Å². The Bertz CT molecular complexity index is 405. The van der Waals surface area contributed by atoms with E-state index >= 15 is 0 Å². The zero-order valence-corrected chi connectivity index (χ0v) is 11.2. The lowest BCUT2D eigenvalue weighted by Gasteiger charge is -2.18. The van der Waals surface area contributed by atoms with Crippen molar-refractivity contribution in [3.63, 3.8) is 0 Å². The van der Waals surface area contributed by atoms with Gasteiger partial charge in [-0.1, -0.05) is 27.2 Å². The fourth-order valence-corrected chi connectivity index (χ4v) is 2.41. The maximum Gasteiger partial charge on any atom is 0.131 e. The Morgan fingerprint density at radius 1 is 1.06 bits per heavy atom. The summed E-state index contributed by atoms with van der Waals surface area (Å²) >= 11 is 0. The average molecular weight is 233 g/mol. The highest BCUT2D eigenvalue weighted by Gasteiger charge is 2.18. The third-order valence-electron chi connectivity index (χ3n) is 3.20. The van der Waals surface area contributed by atoms with Crippen molar-refractivity contribution in [2.75, 3.05) is 5.73 Å². The molecule has 1 aliphatic rings. The van der Waals surface area contributed by atoms with Crippen molar-refractivity contribution in [2.24, 2.45) is 5.41 Å². The van der Waals surface area contributed by atoms with Crippen LogP contribution < -0.4 is 5.73 Å². The van der Waals surface area contributed by atoms with Crippen LogP contribution in [0.25, 0.3) is 0 Å². The summed E-state index contributed by atoms with van der Waals surface area (Å²) in [6.45, 7) is 6.62. The van der Waals surface area contributed by atoms with Crippen molar-refractivity contribution in [1.82, 2.24) is 9.97 Å². The summed E-state index contributed by atoms with van der Waals surface area (Å²) in [5.74, 6) is 1.63. The first-order valence-corrected chi connectivity index (χ1v) is 6.60. The predicted molar refractivity (Wildman–Crippen MR) is 70.9 cm³/mol. The lowest BCUT2D eigenvalue weighted by atomic mass is 9.92. The van der Waals surface area contributed by atoms with Crippen LogP contribution in [0.15, 0.2) is 0 Å². The van der Waals surface area contributed by atoms with Crippen LogP contribution in [0.3, 0.4) is 0 Å². The fraction of sp³-hybridized carbons (Fsp3) is 0.714. The second-order valence-corrected chi connectivity index (χ2v) is 6.25. The zero-order valence-electron chi connectivity index (χ0n) is 11.2. The Labute approximate surface area is 104 Å². The molecule has 1 aliphatic carbocycles. The van der Waals surface area contributed by atoms with Crippen LogP contribution in [0.5, 0.6) is 0 Å². The number of hydrogen-bond donors (Lipinski definition) is 1. The van der Waals surface area contributed by atoms with Gasteiger partial charge in [0.25, 0.3) is 0 Å². The number of fused-ring (bicyclic) bond motifs is 1. The Morgan fingerprint density at radius 2 is 1.76 bits per heavy atom. The maximum absolute atomic E-state index is 6.08. The molecule has 3 heteroatoms. The van der Waals surface area contributed by atoms with E-state index in [4.69, 9.17) is 10.7 Å². The molecule has 2 N–H and O–H groups in total. The molecule has 0 fully saturated rings. The number of nitrogens with two attached hydrogens (primary N) is 1. The van der Waals surface area contributed by atoms with Gasteiger partial charge in [0.2, 0.25) is 0 Å². The quantitative estimate of drug-likeness (QED) is 0.759. The van der Waals surface area contributed by atoms with Gasteiger partial charge in [-0.25, -0.2) is 9.97 Å². The highest BCUT2D eigenvalue weighted by Crippen LogP contribution is 2.25. The van der Waals surface area contributed by atoms with Gasteiger partial charge in [-0.05, 0) is 31.1 Å². The maximum atomic E-state index is 6.08. The van der Waals surface area contributed by atoms with Gasteiger partial charge in [-0.15, -0.1) is 0 Å². The lowest BCUT2D eigenvalue weighted by Crippen LogP contribution is -2.15. The van der Waals surface area contributed by atoms with Crippen LogP contribution in [0.1, 0.15) is 57.1 Å². The van der Waals surface area contributed by atoms with Crippen molar-refractivity contribution < 1.29 is 0 Å². The molecule has 0 saturated carbocycles. The third-order valence-corrected chi connectivity index (χ3v) is 3.20. The molecule has 0 aromatic carbocycles. The second kappa shape index (κ2) is 4.63. The van der Waals surface area contributed by atoms with Crippen LogP contribution in [0.4, 0.5) is 5.82 Å². The summed E-state index contributed by atoms with van der Waals surface area (Å²) < 4.78 is 0. The van der Waals surface area contributed by atoms with Gasteiger partial charge in [0.15, 0.2) is 0 Å². The molecule has 1 heterocycles. The van der Waals surface area contributed by atoms with Crippen LogP contribution in [-0.2, 0) is 19.3 Å². The molecule has 0 spiro atoms. The third kappa shape index (κ3) is 3.18. The highest BCUT2D eigenvalue weighted by atomic mass is 15.0. The Kier molecular flexibility index (Phi) is 3.36. The molecule has 0 unspecified atom stereocenters. The van der Waals surface area contributed by atoms with Gasteiger partial charge in [-0.2, -0.15) is 0 Å². The molecule has 0 saturated heterocycles. The van der Waals surface area contributed by atoms with Gasteiger partial charge < -0.3 is 5.73 Å². The molecule has 0 bridgehead atoms. The first-order chi connectivity index (χ1) is 7.96. The van der Waals surface area contributed by atoms with Gasteiger partial charge in [0.05, 0.1) is 0 Å². The minimum Gasteiger partial charge on any atom is -0.383 e. The minimum atomic E-state index is 0.214. The van der Waals surface area contributed by atoms with E-state index in [0.717, 1.165) is 30.9 Å². The van der Waals surface area contributed by atoms with E-state index < -0.39 is 0 Å². The summed E-state index contributed by atoms with van der Waals surface area (Å²) in [4.78, 5) is 9.21. The molecule has 17 heavy (non-hydrogen) atoms. The van der Waals surface area contributed by atoms with Crippen molar-refractivity contribution >= 4 is 5.82 Å². The summed E-state index contributed by atoms with van der Waals surface area (Å²) in [6.07, 6.45) is 6.75. The molecule has 1 aromatic rings. The number of nitrogens with zero attached hydrogens (tertiary/aromatic N) is 2. The molecule has 0 aliphatic heterocycles. The van der Waals surface area contributed by atoms with Crippen LogP contribution >= 0.6 is 0 Å².